The minimum atomic E-state index is -1.02. The average Bonchev–Trinajstić information content (AvgIpc) is 2.55. The van der Waals surface area contributed by atoms with Gasteiger partial charge in [0, 0.05) is 6.54 Å². The van der Waals surface area contributed by atoms with E-state index in [-0.39, 0.29) is 17.3 Å². The van der Waals surface area contributed by atoms with E-state index in [1.165, 1.54) is 11.0 Å². The standard InChI is InChI=1S/C13H15F2N3O/c1-7(2)6-18-11(12(16)17-13(18)19)10-8(14)4-3-5-9(10)15/h3-5,7,11H,6H2,1-2H3,(H2,16,17,19). The molecule has 2 rings (SSSR count). The zero-order valence-electron chi connectivity index (χ0n) is 10.7. The highest BCUT2D eigenvalue weighted by atomic mass is 19.1. The maximum absolute atomic E-state index is 13.8. The summed E-state index contributed by atoms with van der Waals surface area (Å²) in [6.07, 6.45) is 0. The van der Waals surface area contributed by atoms with Crippen LogP contribution in [0.3, 0.4) is 0 Å². The molecular formula is C13H15F2N3O. The number of rotatable bonds is 3. The van der Waals surface area contributed by atoms with Crippen LogP contribution in [0.15, 0.2) is 18.2 Å². The molecule has 1 heterocycles. The molecule has 0 spiro atoms. The molecule has 102 valence electrons. The van der Waals surface area contributed by atoms with Crippen molar-refractivity contribution in [1.29, 1.82) is 5.41 Å². The van der Waals surface area contributed by atoms with Crippen LogP contribution >= 0.6 is 0 Å². The lowest BCUT2D eigenvalue weighted by Gasteiger charge is -2.25. The molecule has 1 aromatic rings. The first kappa shape index (κ1) is 13.5. The highest BCUT2D eigenvalue weighted by Gasteiger charge is 2.39. The van der Waals surface area contributed by atoms with E-state index < -0.39 is 23.7 Å². The Balaban J connectivity index is 2.45. The molecule has 0 aliphatic carbocycles. The maximum atomic E-state index is 13.8. The van der Waals surface area contributed by atoms with Crippen molar-refractivity contribution in [3.63, 3.8) is 0 Å². The second kappa shape index (κ2) is 4.95. The molecule has 0 radical (unpaired) electrons. The van der Waals surface area contributed by atoms with Gasteiger partial charge in [-0.05, 0) is 18.1 Å². The molecule has 0 aromatic heterocycles. The summed E-state index contributed by atoms with van der Waals surface area (Å²) >= 11 is 0. The van der Waals surface area contributed by atoms with E-state index in [9.17, 15) is 13.6 Å². The summed E-state index contributed by atoms with van der Waals surface area (Å²) in [6, 6.07) is 2.00. The molecule has 0 saturated carbocycles. The van der Waals surface area contributed by atoms with Crippen LogP contribution in [0, 0.1) is 23.0 Å². The summed E-state index contributed by atoms with van der Waals surface area (Å²) in [5.41, 5.74) is -0.258. The molecule has 0 bridgehead atoms. The highest BCUT2D eigenvalue weighted by Crippen LogP contribution is 2.30. The Kier molecular flexibility index (Phi) is 3.50. The number of nitrogens with one attached hydrogen (secondary N) is 2. The minimum absolute atomic E-state index is 0.133. The van der Waals surface area contributed by atoms with Crippen LogP contribution in [0.5, 0.6) is 0 Å². The normalized spacial score (nSPS) is 19.2. The van der Waals surface area contributed by atoms with Crippen molar-refractivity contribution in [2.24, 2.45) is 5.92 Å². The number of benzene rings is 1. The Hall–Kier alpha value is -1.98. The number of urea groups is 1. The van der Waals surface area contributed by atoms with Crippen LogP contribution in [0.4, 0.5) is 13.6 Å². The monoisotopic (exact) mass is 267 g/mol. The summed E-state index contributed by atoms with van der Waals surface area (Å²) in [5, 5.41) is 10.0. The number of nitrogens with zero attached hydrogens (tertiary/aromatic N) is 1. The zero-order chi connectivity index (χ0) is 14.2. The van der Waals surface area contributed by atoms with Crippen molar-refractivity contribution >= 4 is 11.9 Å². The van der Waals surface area contributed by atoms with Crippen LogP contribution in [0.25, 0.3) is 0 Å². The molecule has 1 aliphatic rings. The predicted octanol–water partition coefficient (Wildman–Crippen LogP) is 2.66. The Morgan fingerprint density at radius 3 is 2.47 bits per heavy atom. The van der Waals surface area contributed by atoms with Crippen molar-refractivity contribution in [2.75, 3.05) is 6.54 Å². The van der Waals surface area contributed by atoms with Gasteiger partial charge >= 0.3 is 6.03 Å². The Labute approximate surface area is 109 Å². The van der Waals surface area contributed by atoms with Crippen molar-refractivity contribution in [2.45, 2.75) is 19.9 Å². The summed E-state index contributed by atoms with van der Waals surface area (Å²) in [4.78, 5) is 13.0. The van der Waals surface area contributed by atoms with E-state index >= 15 is 0 Å². The van der Waals surface area contributed by atoms with Gasteiger partial charge in [0.05, 0.1) is 5.56 Å². The second-order valence-electron chi connectivity index (χ2n) is 4.93. The summed E-state index contributed by atoms with van der Waals surface area (Å²) in [7, 11) is 0. The molecule has 1 aromatic carbocycles. The van der Waals surface area contributed by atoms with E-state index in [1.807, 2.05) is 13.8 Å². The van der Waals surface area contributed by atoms with Crippen molar-refractivity contribution in [3.8, 4) is 0 Å². The van der Waals surface area contributed by atoms with Crippen molar-refractivity contribution < 1.29 is 13.6 Å². The van der Waals surface area contributed by atoms with Gasteiger partial charge in [-0.3, -0.25) is 10.7 Å². The van der Waals surface area contributed by atoms with E-state index in [0.29, 0.717) is 6.54 Å². The lowest BCUT2D eigenvalue weighted by Crippen LogP contribution is -2.33. The molecular weight excluding hydrogens is 252 g/mol. The Morgan fingerprint density at radius 1 is 1.37 bits per heavy atom. The third-order valence-electron chi connectivity index (χ3n) is 2.92. The fourth-order valence-electron chi connectivity index (χ4n) is 2.18. The molecule has 4 nitrogen and oxygen atoms in total. The third kappa shape index (κ3) is 2.43. The van der Waals surface area contributed by atoms with Crippen LogP contribution in [-0.2, 0) is 0 Å². The summed E-state index contributed by atoms with van der Waals surface area (Å²) in [5.74, 6) is -1.57. The summed E-state index contributed by atoms with van der Waals surface area (Å²) < 4.78 is 27.6. The smallest absolute Gasteiger partial charge is 0.310 e. The van der Waals surface area contributed by atoms with Gasteiger partial charge in [-0.1, -0.05) is 19.9 Å². The molecule has 1 unspecified atom stereocenters. The van der Waals surface area contributed by atoms with E-state index in [0.717, 1.165) is 12.1 Å². The van der Waals surface area contributed by atoms with Gasteiger partial charge in [-0.25, -0.2) is 13.6 Å². The number of carbonyl (C=O) groups is 1. The van der Waals surface area contributed by atoms with Gasteiger partial charge in [0.15, 0.2) is 0 Å². The SMILES string of the molecule is CC(C)CN1C(=O)NC(=N)C1c1c(F)cccc1F. The van der Waals surface area contributed by atoms with Crippen LogP contribution in [-0.4, -0.2) is 23.3 Å². The highest BCUT2D eigenvalue weighted by molar-refractivity contribution is 6.06. The number of carbonyl (C=O) groups excluding carboxylic acids is 1. The number of amides is 2. The fourth-order valence-corrected chi connectivity index (χ4v) is 2.18. The zero-order valence-corrected chi connectivity index (χ0v) is 10.7. The maximum Gasteiger partial charge on any atom is 0.323 e. The molecule has 1 fully saturated rings. The lowest BCUT2D eigenvalue weighted by atomic mass is 10.0. The van der Waals surface area contributed by atoms with Crippen LogP contribution in [0.2, 0.25) is 0 Å². The van der Waals surface area contributed by atoms with Gasteiger partial charge in [0.25, 0.3) is 0 Å². The first-order valence-electron chi connectivity index (χ1n) is 6.01. The number of amidine groups is 1. The fraction of sp³-hybridized carbons (Fsp3) is 0.385. The summed E-state index contributed by atoms with van der Waals surface area (Å²) in [6.45, 7) is 4.11. The van der Waals surface area contributed by atoms with E-state index in [2.05, 4.69) is 5.32 Å². The molecule has 2 N–H and O–H groups in total. The quantitative estimate of drug-likeness (QED) is 0.869. The number of halogens is 2. The van der Waals surface area contributed by atoms with Crippen molar-refractivity contribution in [3.05, 3.63) is 35.4 Å². The molecule has 2 amide bonds. The van der Waals surface area contributed by atoms with E-state index in [1.54, 1.807) is 0 Å². The van der Waals surface area contributed by atoms with E-state index in [4.69, 9.17) is 5.41 Å². The number of hydrogen-bond acceptors (Lipinski definition) is 2. The van der Waals surface area contributed by atoms with Gasteiger partial charge in [0.2, 0.25) is 0 Å². The lowest BCUT2D eigenvalue weighted by molar-refractivity contribution is 0.196. The molecule has 19 heavy (non-hydrogen) atoms. The second-order valence-corrected chi connectivity index (χ2v) is 4.93. The van der Waals surface area contributed by atoms with Gasteiger partial charge in [-0.2, -0.15) is 0 Å². The van der Waals surface area contributed by atoms with Crippen LogP contribution in [0.1, 0.15) is 25.5 Å². The molecule has 1 aliphatic heterocycles. The Bertz CT molecular complexity index is 510. The third-order valence-corrected chi connectivity index (χ3v) is 2.92. The molecule has 1 saturated heterocycles. The predicted molar refractivity (Wildman–Crippen MR) is 66.9 cm³/mol. The first-order valence-corrected chi connectivity index (χ1v) is 6.01. The van der Waals surface area contributed by atoms with Gasteiger partial charge < -0.3 is 4.90 Å². The minimum Gasteiger partial charge on any atom is -0.310 e. The average molecular weight is 267 g/mol. The van der Waals surface area contributed by atoms with Crippen LogP contribution < -0.4 is 5.32 Å². The number of hydrogen-bond donors (Lipinski definition) is 2. The molecule has 1 atom stereocenters. The topological polar surface area (TPSA) is 56.2 Å². The van der Waals surface area contributed by atoms with Gasteiger partial charge in [0.1, 0.15) is 23.5 Å². The largest absolute Gasteiger partial charge is 0.323 e. The van der Waals surface area contributed by atoms with Gasteiger partial charge in [-0.15, -0.1) is 0 Å². The molecule has 6 heteroatoms. The van der Waals surface area contributed by atoms with Crippen molar-refractivity contribution in [1.82, 2.24) is 10.2 Å². The Morgan fingerprint density at radius 2 is 1.95 bits per heavy atom. The first-order chi connectivity index (χ1) is 8.91.